The molecule has 0 N–H and O–H groups in total. The third-order valence-corrected chi connectivity index (χ3v) is 3.11. The molecule has 0 saturated heterocycles. The summed E-state index contributed by atoms with van der Waals surface area (Å²) < 4.78 is 4.93. The van der Waals surface area contributed by atoms with E-state index < -0.39 is 0 Å². The fourth-order valence-corrected chi connectivity index (χ4v) is 2.13. The second-order valence-corrected chi connectivity index (χ2v) is 4.53. The lowest BCUT2D eigenvalue weighted by atomic mass is 10.1. The largest absolute Gasteiger partial charge is 0.462 e. The van der Waals surface area contributed by atoms with Crippen LogP contribution in [0.2, 0.25) is 0 Å². The standard InChI is InChI=1S/C13H13NO2S/c1-2-16-13(15)11-5-3-10(4-6-11)7-12-8-14-9-17-12/h3-6,8-9H,2,7H2,1H3. The number of ether oxygens (including phenoxy) is 1. The van der Waals surface area contributed by atoms with Crippen LogP contribution in [0.1, 0.15) is 27.7 Å². The fourth-order valence-electron chi connectivity index (χ4n) is 1.50. The van der Waals surface area contributed by atoms with Crippen molar-refractivity contribution in [3.8, 4) is 0 Å². The van der Waals surface area contributed by atoms with E-state index in [1.54, 1.807) is 30.4 Å². The third kappa shape index (κ3) is 3.14. The van der Waals surface area contributed by atoms with Crippen molar-refractivity contribution in [3.05, 3.63) is 52.0 Å². The lowest BCUT2D eigenvalue weighted by Gasteiger charge is -2.03. The van der Waals surface area contributed by atoms with Gasteiger partial charge in [0.05, 0.1) is 17.7 Å². The van der Waals surface area contributed by atoms with Gasteiger partial charge in [-0.2, -0.15) is 0 Å². The van der Waals surface area contributed by atoms with Crippen LogP contribution >= 0.6 is 11.3 Å². The second kappa shape index (κ2) is 5.59. The highest BCUT2D eigenvalue weighted by atomic mass is 32.1. The molecule has 0 fully saturated rings. The molecule has 0 amide bonds. The van der Waals surface area contributed by atoms with Crippen LogP contribution < -0.4 is 0 Å². The monoisotopic (exact) mass is 247 g/mol. The van der Waals surface area contributed by atoms with Crippen molar-refractivity contribution in [1.82, 2.24) is 4.98 Å². The van der Waals surface area contributed by atoms with E-state index in [2.05, 4.69) is 4.98 Å². The van der Waals surface area contributed by atoms with Gasteiger partial charge in [-0.15, -0.1) is 11.3 Å². The van der Waals surface area contributed by atoms with E-state index in [-0.39, 0.29) is 5.97 Å². The number of hydrogen-bond donors (Lipinski definition) is 0. The van der Waals surface area contributed by atoms with E-state index in [0.29, 0.717) is 12.2 Å². The Hall–Kier alpha value is -1.68. The van der Waals surface area contributed by atoms with Gasteiger partial charge in [-0.05, 0) is 24.6 Å². The highest BCUT2D eigenvalue weighted by Gasteiger charge is 2.05. The Morgan fingerprint density at radius 3 is 2.71 bits per heavy atom. The topological polar surface area (TPSA) is 39.2 Å². The minimum atomic E-state index is -0.267. The second-order valence-electron chi connectivity index (χ2n) is 3.56. The van der Waals surface area contributed by atoms with Crippen LogP contribution in [0.3, 0.4) is 0 Å². The Kier molecular flexibility index (Phi) is 3.88. The van der Waals surface area contributed by atoms with Gasteiger partial charge in [0.25, 0.3) is 0 Å². The molecule has 0 spiro atoms. The normalized spacial score (nSPS) is 10.2. The lowest BCUT2D eigenvalue weighted by molar-refractivity contribution is 0.0526. The summed E-state index contributed by atoms with van der Waals surface area (Å²) in [4.78, 5) is 16.7. The summed E-state index contributed by atoms with van der Waals surface area (Å²) in [6.45, 7) is 2.21. The smallest absolute Gasteiger partial charge is 0.338 e. The number of carbonyl (C=O) groups excluding carboxylic acids is 1. The molecule has 0 bridgehead atoms. The van der Waals surface area contributed by atoms with E-state index >= 15 is 0 Å². The van der Waals surface area contributed by atoms with Crippen molar-refractivity contribution in [3.63, 3.8) is 0 Å². The lowest BCUT2D eigenvalue weighted by Crippen LogP contribution is -2.04. The SMILES string of the molecule is CCOC(=O)c1ccc(Cc2cncs2)cc1. The maximum atomic E-state index is 11.4. The number of nitrogens with zero attached hydrogens (tertiary/aromatic N) is 1. The van der Waals surface area contributed by atoms with E-state index in [1.807, 2.05) is 23.8 Å². The first-order valence-electron chi connectivity index (χ1n) is 5.43. The zero-order valence-corrected chi connectivity index (χ0v) is 10.4. The van der Waals surface area contributed by atoms with Crippen LogP contribution in [0.5, 0.6) is 0 Å². The fraction of sp³-hybridized carbons (Fsp3) is 0.231. The number of carbonyl (C=O) groups is 1. The zero-order valence-electron chi connectivity index (χ0n) is 9.55. The number of aromatic nitrogens is 1. The van der Waals surface area contributed by atoms with Crippen LogP contribution in [0.4, 0.5) is 0 Å². The van der Waals surface area contributed by atoms with E-state index in [4.69, 9.17) is 4.74 Å². The van der Waals surface area contributed by atoms with Crippen LogP contribution in [0.15, 0.2) is 36.0 Å². The molecule has 1 aromatic carbocycles. The van der Waals surface area contributed by atoms with Crippen molar-refractivity contribution in [2.45, 2.75) is 13.3 Å². The maximum Gasteiger partial charge on any atom is 0.338 e. The van der Waals surface area contributed by atoms with Gasteiger partial charge in [0, 0.05) is 17.5 Å². The summed E-state index contributed by atoms with van der Waals surface area (Å²) >= 11 is 1.63. The van der Waals surface area contributed by atoms with E-state index in [9.17, 15) is 4.79 Å². The Morgan fingerprint density at radius 2 is 2.12 bits per heavy atom. The number of thiazole rings is 1. The highest BCUT2D eigenvalue weighted by Crippen LogP contribution is 2.14. The molecule has 0 radical (unpaired) electrons. The quantitative estimate of drug-likeness (QED) is 0.780. The molecule has 0 unspecified atom stereocenters. The summed E-state index contributed by atoms with van der Waals surface area (Å²) in [5.41, 5.74) is 3.59. The Balaban J connectivity index is 2.05. The van der Waals surface area contributed by atoms with E-state index in [0.717, 1.165) is 6.42 Å². The molecule has 0 aliphatic carbocycles. The van der Waals surface area contributed by atoms with Gasteiger partial charge >= 0.3 is 5.97 Å². The first-order chi connectivity index (χ1) is 8.29. The molecule has 17 heavy (non-hydrogen) atoms. The van der Waals surface area contributed by atoms with Gasteiger partial charge in [-0.3, -0.25) is 4.98 Å². The summed E-state index contributed by atoms with van der Waals surface area (Å²) in [5, 5.41) is 0. The van der Waals surface area contributed by atoms with Crippen molar-refractivity contribution in [1.29, 1.82) is 0 Å². The molecule has 3 nitrogen and oxygen atoms in total. The molecule has 0 saturated carbocycles. The first-order valence-corrected chi connectivity index (χ1v) is 6.31. The number of hydrogen-bond acceptors (Lipinski definition) is 4. The van der Waals surface area contributed by atoms with Gasteiger partial charge in [0.2, 0.25) is 0 Å². The molecule has 1 heterocycles. The Labute approximate surface area is 104 Å². The molecular weight excluding hydrogens is 234 g/mol. The van der Waals surface area contributed by atoms with Gasteiger partial charge in [-0.25, -0.2) is 4.79 Å². The predicted molar refractivity (Wildman–Crippen MR) is 67.3 cm³/mol. The molecule has 1 aromatic heterocycles. The van der Waals surface area contributed by atoms with Crippen molar-refractivity contribution in [2.24, 2.45) is 0 Å². The molecule has 88 valence electrons. The molecule has 0 atom stereocenters. The molecule has 0 aliphatic rings. The molecular formula is C13H13NO2S. The third-order valence-electron chi connectivity index (χ3n) is 2.33. The average molecular weight is 247 g/mol. The van der Waals surface area contributed by atoms with E-state index in [1.165, 1.54) is 10.4 Å². The van der Waals surface area contributed by atoms with Crippen LogP contribution in [0.25, 0.3) is 0 Å². The summed E-state index contributed by atoms with van der Waals surface area (Å²) in [6, 6.07) is 7.50. The summed E-state index contributed by atoms with van der Waals surface area (Å²) in [5.74, 6) is -0.267. The first kappa shape index (κ1) is 11.8. The van der Waals surface area contributed by atoms with Crippen molar-refractivity contribution in [2.75, 3.05) is 6.61 Å². The molecule has 4 heteroatoms. The van der Waals surface area contributed by atoms with Gasteiger partial charge < -0.3 is 4.74 Å². The number of esters is 1. The summed E-state index contributed by atoms with van der Waals surface area (Å²) in [6.07, 6.45) is 2.72. The van der Waals surface area contributed by atoms with Crippen molar-refractivity contribution >= 4 is 17.3 Å². The summed E-state index contributed by atoms with van der Waals surface area (Å²) in [7, 11) is 0. The van der Waals surface area contributed by atoms with Gasteiger partial charge in [-0.1, -0.05) is 12.1 Å². The molecule has 2 aromatic rings. The van der Waals surface area contributed by atoms with Gasteiger partial charge in [0.1, 0.15) is 0 Å². The number of benzene rings is 1. The average Bonchev–Trinajstić information content (AvgIpc) is 2.83. The highest BCUT2D eigenvalue weighted by molar-refractivity contribution is 7.09. The number of rotatable bonds is 4. The molecule has 0 aliphatic heterocycles. The van der Waals surface area contributed by atoms with Crippen molar-refractivity contribution < 1.29 is 9.53 Å². The zero-order chi connectivity index (χ0) is 12.1. The Bertz CT molecular complexity index is 477. The van der Waals surface area contributed by atoms with Crippen LogP contribution in [0, 0.1) is 0 Å². The Morgan fingerprint density at radius 1 is 1.35 bits per heavy atom. The van der Waals surface area contributed by atoms with Gasteiger partial charge in [0.15, 0.2) is 0 Å². The van der Waals surface area contributed by atoms with Crippen LogP contribution in [-0.2, 0) is 11.2 Å². The minimum absolute atomic E-state index is 0.267. The van der Waals surface area contributed by atoms with Crippen LogP contribution in [-0.4, -0.2) is 17.6 Å². The molecule has 2 rings (SSSR count). The predicted octanol–water partition coefficient (Wildman–Crippen LogP) is 2.91. The maximum absolute atomic E-state index is 11.4. The minimum Gasteiger partial charge on any atom is -0.462 e.